The quantitative estimate of drug-likeness (QED) is 0.550. The first-order valence-corrected chi connectivity index (χ1v) is 5.77. The van der Waals surface area contributed by atoms with Crippen LogP contribution in [0.3, 0.4) is 0 Å². The van der Waals surface area contributed by atoms with Crippen LogP contribution in [-0.4, -0.2) is 18.9 Å². The second-order valence-corrected chi connectivity index (χ2v) is 5.65. The molecule has 2 saturated carbocycles. The van der Waals surface area contributed by atoms with Crippen molar-refractivity contribution in [3.63, 3.8) is 0 Å². The average molecular weight is 202 g/mol. The Morgan fingerprint density at radius 2 is 2.40 bits per heavy atom. The van der Waals surface area contributed by atoms with Gasteiger partial charge in [0, 0.05) is 5.82 Å². The van der Waals surface area contributed by atoms with Gasteiger partial charge in [-0.25, -0.2) is 0 Å². The van der Waals surface area contributed by atoms with Crippen molar-refractivity contribution in [2.45, 2.75) is 37.9 Å². The third-order valence-electron chi connectivity index (χ3n) is 4.53. The summed E-state index contributed by atoms with van der Waals surface area (Å²) in [5.41, 5.74) is 1.37. The van der Waals surface area contributed by atoms with E-state index in [0.29, 0.717) is 11.8 Å². The van der Waals surface area contributed by atoms with Gasteiger partial charge in [0.25, 0.3) is 5.97 Å². The highest BCUT2D eigenvalue weighted by Gasteiger charge is 2.51. The number of carboxylic acids is 1. The molecule has 4 bridgehead atoms. The Morgan fingerprint density at radius 1 is 1.60 bits per heavy atom. The highest BCUT2D eigenvalue weighted by Crippen LogP contribution is 2.61. The molecule has 1 N–H and O–H groups in total. The Hall–Kier alpha value is -0.725. The average Bonchev–Trinajstić information content (AvgIpc) is 2.14. The third-order valence-corrected chi connectivity index (χ3v) is 4.53. The zero-order valence-electron chi connectivity index (χ0n) is 8.78. The lowest BCUT2D eigenvalue weighted by atomic mass is 9.46. The van der Waals surface area contributed by atoms with E-state index in [1.54, 1.807) is 0 Å². The molecule has 2 radical (unpaired) electrons. The van der Waals surface area contributed by atoms with Crippen LogP contribution in [0.25, 0.3) is 0 Å². The second kappa shape index (κ2) is 2.90. The zero-order valence-corrected chi connectivity index (χ0v) is 8.78. The SMILES string of the molecule is [B]C(C(=O)O)C12CC3=CC(CC(C3)C1)C2. The van der Waals surface area contributed by atoms with Gasteiger partial charge in [0.05, 0.1) is 7.85 Å². The first kappa shape index (κ1) is 9.50. The third kappa shape index (κ3) is 1.28. The molecule has 0 heterocycles. The van der Waals surface area contributed by atoms with E-state index in [-0.39, 0.29) is 5.41 Å². The van der Waals surface area contributed by atoms with E-state index in [0.717, 1.165) is 19.3 Å². The predicted molar refractivity (Wildman–Crippen MR) is 57.7 cm³/mol. The molecular weight excluding hydrogens is 187 g/mol. The monoisotopic (exact) mass is 202 g/mol. The van der Waals surface area contributed by atoms with E-state index in [4.69, 9.17) is 13.0 Å². The maximum Gasteiger partial charge on any atom is 0.298 e. The second-order valence-electron chi connectivity index (χ2n) is 5.65. The molecule has 78 valence electrons. The molecule has 2 fully saturated rings. The molecule has 4 aliphatic rings. The van der Waals surface area contributed by atoms with Gasteiger partial charge in [-0.1, -0.05) is 11.6 Å². The van der Waals surface area contributed by atoms with Crippen LogP contribution in [0.1, 0.15) is 32.1 Å². The molecule has 3 heteroatoms. The largest absolute Gasteiger partial charge is 0.482 e. The van der Waals surface area contributed by atoms with Gasteiger partial charge >= 0.3 is 0 Å². The first-order valence-electron chi connectivity index (χ1n) is 5.77. The van der Waals surface area contributed by atoms with Crippen molar-refractivity contribution in [3.8, 4) is 0 Å². The molecule has 2 nitrogen and oxygen atoms in total. The number of carbonyl (C=O) groups is 1. The van der Waals surface area contributed by atoms with Gasteiger partial charge in [-0.15, -0.1) is 0 Å². The van der Waals surface area contributed by atoms with Crippen LogP contribution >= 0.6 is 0 Å². The maximum absolute atomic E-state index is 11.1. The summed E-state index contributed by atoms with van der Waals surface area (Å²) >= 11 is 0. The van der Waals surface area contributed by atoms with Gasteiger partial charge in [-0.2, -0.15) is 0 Å². The summed E-state index contributed by atoms with van der Waals surface area (Å²) < 4.78 is 0. The lowest BCUT2D eigenvalue weighted by Crippen LogP contribution is -2.45. The van der Waals surface area contributed by atoms with Crippen LogP contribution < -0.4 is 0 Å². The van der Waals surface area contributed by atoms with Gasteiger partial charge in [-0.05, 0) is 49.4 Å². The Labute approximate surface area is 91.2 Å². The fraction of sp³-hybridized carbons (Fsp3) is 0.750. The van der Waals surface area contributed by atoms with Crippen LogP contribution in [0.15, 0.2) is 11.6 Å². The molecule has 0 amide bonds. The zero-order chi connectivity index (χ0) is 10.6. The number of allylic oxidation sites excluding steroid dienone is 2. The van der Waals surface area contributed by atoms with Crippen molar-refractivity contribution in [1.29, 1.82) is 0 Å². The number of aliphatic carboxylic acids is 1. The van der Waals surface area contributed by atoms with Crippen molar-refractivity contribution in [2.24, 2.45) is 17.3 Å². The molecule has 0 spiro atoms. The molecule has 4 rings (SSSR count). The van der Waals surface area contributed by atoms with E-state index in [9.17, 15) is 4.79 Å². The Balaban J connectivity index is 1.95. The van der Waals surface area contributed by atoms with Crippen molar-refractivity contribution in [1.82, 2.24) is 0 Å². The van der Waals surface area contributed by atoms with Gasteiger partial charge in [-0.3, -0.25) is 4.79 Å². The maximum atomic E-state index is 11.1. The standard InChI is InChI=1S/C12H15BO2/c13-10(11(14)15)12-4-7-1-8(5-12)3-9(2-7)6-12/h1,7,9-10H,2-6H2,(H,14,15). The minimum atomic E-state index is -0.822. The van der Waals surface area contributed by atoms with Gasteiger partial charge in [0.2, 0.25) is 0 Å². The fourth-order valence-corrected chi connectivity index (χ4v) is 4.18. The van der Waals surface area contributed by atoms with E-state index in [1.807, 2.05) is 0 Å². The van der Waals surface area contributed by atoms with Crippen LogP contribution in [0.2, 0.25) is 5.82 Å². The number of carboxylic acid groups (broad SMARTS) is 1. The van der Waals surface area contributed by atoms with Crippen LogP contribution in [0.4, 0.5) is 0 Å². The van der Waals surface area contributed by atoms with Crippen molar-refractivity contribution in [2.75, 3.05) is 0 Å². The molecule has 15 heavy (non-hydrogen) atoms. The van der Waals surface area contributed by atoms with E-state index >= 15 is 0 Å². The fourth-order valence-electron chi connectivity index (χ4n) is 4.18. The minimum Gasteiger partial charge on any atom is -0.482 e. The Bertz CT molecular complexity index is 350. The lowest BCUT2D eigenvalue weighted by molar-refractivity contribution is -0.141. The van der Waals surface area contributed by atoms with Gasteiger partial charge in [0.1, 0.15) is 0 Å². The number of hydrogen-bond donors (Lipinski definition) is 1. The highest BCUT2D eigenvalue weighted by molar-refractivity contribution is 6.23. The molecular formula is C12H15BO2. The molecule has 4 aliphatic carbocycles. The molecule has 0 aliphatic heterocycles. The molecule has 4 unspecified atom stereocenters. The molecule has 4 atom stereocenters. The Morgan fingerprint density at radius 3 is 3.00 bits per heavy atom. The smallest absolute Gasteiger partial charge is 0.298 e. The topological polar surface area (TPSA) is 37.3 Å². The summed E-state index contributed by atoms with van der Waals surface area (Å²) in [4.78, 5) is 11.1. The van der Waals surface area contributed by atoms with E-state index < -0.39 is 11.8 Å². The molecule has 0 aromatic heterocycles. The molecule has 0 aromatic carbocycles. The van der Waals surface area contributed by atoms with Crippen molar-refractivity contribution >= 4 is 13.8 Å². The van der Waals surface area contributed by atoms with Crippen LogP contribution in [0.5, 0.6) is 0 Å². The van der Waals surface area contributed by atoms with Gasteiger partial charge in [0.15, 0.2) is 0 Å². The summed E-state index contributed by atoms with van der Waals surface area (Å²) in [5, 5.41) is 9.10. The summed E-state index contributed by atoms with van der Waals surface area (Å²) in [7, 11) is 5.89. The first-order chi connectivity index (χ1) is 7.09. The molecule has 0 saturated heterocycles. The van der Waals surface area contributed by atoms with Crippen LogP contribution in [-0.2, 0) is 4.79 Å². The summed E-state index contributed by atoms with van der Waals surface area (Å²) in [5.74, 6) is -0.154. The van der Waals surface area contributed by atoms with Gasteiger partial charge < -0.3 is 5.11 Å². The van der Waals surface area contributed by atoms with E-state index in [2.05, 4.69) is 6.08 Å². The normalized spacial score (nSPS) is 43.9. The minimum absolute atomic E-state index is 0.109. The summed E-state index contributed by atoms with van der Waals surface area (Å²) in [6.07, 6.45) is 7.81. The highest BCUT2D eigenvalue weighted by atomic mass is 16.4. The number of hydrogen-bond acceptors (Lipinski definition) is 1. The number of rotatable bonds is 2. The lowest BCUT2D eigenvalue weighted by Gasteiger charge is -2.54. The van der Waals surface area contributed by atoms with Crippen molar-refractivity contribution in [3.05, 3.63) is 11.6 Å². The van der Waals surface area contributed by atoms with Crippen molar-refractivity contribution < 1.29 is 9.90 Å². The molecule has 0 aromatic rings. The van der Waals surface area contributed by atoms with E-state index in [1.165, 1.54) is 18.4 Å². The van der Waals surface area contributed by atoms with Crippen LogP contribution in [0, 0.1) is 17.3 Å². The summed E-state index contributed by atoms with van der Waals surface area (Å²) in [6.45, 7) is 0. The summed E-state index contributed by atoms with van der Waals surface area (Å²) in [6, 6.07) is 0. The Kier molecular flexibility index (Phi) is 1.83. The predicted octanol–water partition coefficient (Wildman–Crippen LogP) is 2.16.